The maximum absolute atomic E-state index is 13.4. The van der Waals surface area contributed by atoms with E-state index in [1.807, 2.05) is 0 Å². The Hall–Kier alpha value is -2.36. The van der Waals surface area contributed by atoms with Crippen molar-refractivity contribution < 1.29 is 17.6 Å². The number of hydrogen-bond donors (Lipinski definition) is 0. The molecule has 0 saturated heterocycles. The maximum atomic E-state index is 13.4. The first-order chi connectivity index (χ1) is 13.1. The lowest BCUT2D eigenvalue weighted by Crippen LogP contribution is -2.33. The number of sulfonamides is 1. The Kier molecular flexibility index (Phi) is 5.51. The summed E-state index contributed by atoms with van der Waals surface area (Å²) in [5, 5.41) is 0. The summed E-state index contributed by atoms with van der Waals surface area (Å²) < 4.78 is 42.1. The van der Waals surface area contributed by atoms with Crippen molar-refractivity contribution in [2.24, 2.45) is 12.0 Å². The summed E-state index contributed by atoms with van der Waals surface area (Å²) in [6, 6.07) is 9.89. The molecule has 9 heteroatoms. The van der Waals surface area contributed by atoms with Crippen LogP contribution in [0.4, 0.5) is 4.39 Å². The third-order valence-electron chi connectivity index (χ3n) is 4.47. The summed E-state index contributed by atoms with van der Waals surface area (Å²) in [5.41, 5.74) is 1.05. The van der Waals surface area contributed by atoms with Gasteiger partial charge in [0.2, 0.25) is 10.0 Å². The Labute approximate surface area is 166 Å². The van der Waals surface area contributed by atoms with Gasteiger partial charge in [-0.05, 0) is 56.3 Å². The first-order valence-corrected chi connectivity index (χ1v) is 10.8. The number of halogens is 1. The molecule has 28 heavy (non-hydrogen) atoms. The Morgan fingerprint density at radius 1 is 1.18 bits per heavy atom. The zero-order chi connectivity index (χ0) is 20.6. The highest BCUT2D eigenvalue weighted by Gasteiger charge is 2.23. The number of nitrogens with zero attached hydrogens (tertiary/aromatic N) is 3. The average Bonchev–Trinajstić information content (AvgIpc) is 2.95. The Morgan fingerprint density at radius 3 is 2.43 bits per heavy atom. The SMILES string of the molecule is CC(C)N(C)S(=O)(=O)c1ccc(C(=O)N=c2sc3cc(F)ccc3n2C)cc1. The summed E-state index contributed by atoms with van der Waals surface area (Å²) in [6.45, 7) is 3.57. The number of rotatable bonds is 4. The van der Waals surface area contributed by atoms with E-state index in [4.69, 9.17) is 0 Å². The number of aryl methyl sites for hydroxylation is 1. The number of thiazole rings is 1. The molecule has 3 aromatic rings. The van der Waals surface area contributed by atoms with Crippen molar-refractivity contribution >= 4 is 37.5 Å². The van der Waals surface area contributed by atoms with Gasteiger partial charge in [-0.3, -0.25) is 4.79 Å². The molecule has 0 N–H and O–H groups in total. The second-order valence-corrected chi connectivity index (χ2v) is 9.62. The number of carbonyl (C=O) groups excluding carboxylic acids is 1. The van der Waals surface area contributed by atoms with E-state index in [0.29, 0.717) is 9.50 Å². The van der Waals surface area contributed by atoms with Crippen LogP contribution >= 0.6 is 11.3 Å². The normalized spacial score (nSPS) is 13.0. The van der Waals surface area contributed by atoms with Crippen LogP contribution in [-0.4, -0.2) is 36.3 Å². The number of carbonyl (C=O) groups is 1. The van der Waals surface area contributed by atoms with E-state index in [2.05, 4.69) is 4.99 Å². The minimum Gasteiger partial charge on any atom is -0.319 e. The van der Waals surface area contributed by atoms with E-state index in [0.717, 1.165) is 5.52 Å². The summed E-state index contributed by atoms with van der Waals surface area (Å²) in [4.78, 5) is 17.2. The minimum absolute atomic E-state index is 0.114. The Bertz CT molecular complexity index is 1210. The minimum atomic E-state index is -3.61. The zero-order valence-electron chi connectivity index (χ0n) is 15.9. The van der Waals surface area contributed by atoms with E-state index in [1.54, 1.807) is 31.5 Å². The van der Waals surface area contributed by atoms with Gasteiger partial charge in [0.25, 0.3) is 5.91 Å². The second-order valence-electron chi connectivity index (χ2n) is 6.61. The average molecular weight is 422 g/mol. The molecule has 0 bridgehead atoms. The molecule has 1 aromatic heterocycles. The lowest BCUT2D eigenvalue weighted by Gasteiger charge is -2.20. The molecular weight excluding hydrogens is 401 g/mol. The fourth-order valence-corrected chi connectivity index (χ4v) is 4.99. The highest BCUT2D eigenvalue weighted by Crippen LogP contribution is 2.19. The molecule has 148 valence electrons. The third kappa shape index (κ3) is 3.78. The standard InChI is InChI=1S/C19H20FN3O3S2/c1-12(2)23(4)28(25,26)15-8-5-13(6-9-15)18(24)21-19-22(3)16-10-7-14(20)11-17(16)27-19/h5-12H,1-4H3. The molecule has 1 heterocycles. The second kappa shape index (κ2) is 7.57. The van der Waals surface area contributed by atoms with Crippen LogP contribution < -0.4 is 4.80 Å². The quantitative estimate of drug-likeness (QED) is 0.650. The van der Waals surface area contributed by atoms with Gasteiger partial charge in [0.05, 0.1) is 15.1 Å². The van der Waals surface area contributed by atoms with Crippen molar-refractivity contribution in [1.29, 1.82) is 0 Å². The molecule has 0 aliphatic carbocycles. The van der Waals surface area contributed by atoms with E-state index in [-0.39, 0.29) is 22.3 Å². The van der Waals surface area contributed by atoms with Gasteiger partial charge >= 0.3 is 0 Å². The number of aromatic nitrogens is 1. The predicted molar refractivity (Wildman–Crippen MR) is 107 cm³/mol. The molecule has 0 aliphatic heterocycles. The molecule has 6 nitrogen and oxygen atoms in total. The van der Waals surface area contributed by atoms with Crippen LogP contribution in [0.3, 0.4) is 0 Å². The highest BCUT2D eigenvalue weighted by molar-refractivity contribution is 7.89. The number of fused-ring (bicyclic) bond motifs is 1. The van der Waals surface area contributed by atoms with Gasteiger partial charge < -0.3 is 4.57 Å². The van der Waals surface area contributed by atoms with E-state index < -0.39 is 15.9 Å². The lowest BCUT2D eigenvalue weighted by atomic mass is 10.2. The van der Waals surface area contributed by atoms with E-state index in [9.17, 15) is 17.6 Å². The summed E-state index contributed by atoms with van der Waals surface area (Å²) in [6.07, 6.45) is 0. The van der Waals surface area contributed by atoms with Crippen LogP contribution in [0.2, 0.25) is 0 Å². The number of benzene rings is 2. The Morgan fingerprint density at radius 2 is 1.82 bits per heavy atom. The van der Waals surface area contributed by atoms with Crippen LogP contribution in [0, 0.1) is 5.82 Å². The summed E-state index contributed by atoms with van der Waals surface area (Å²) in [5.74, 6) is -0.848. The zero-order valence-corrected chi connectivity index (χ0v) is 17.5. The fourth-order valence-electron chi connectivity index (χ4n) is 2.58. The van der Waals surface area contributed by atoms with Gasteiger partial charge in [-0.2, -0.15) is 9.30 Å². The molecule has 1 amide bonds. The van der Waals surface area contributed by atoms with Crippen LogP contribution in [0.25, 0.3) is 10.2 Å². The summed E-state index contributed by atoms with van der Waals surface area (Å²) >= 11 is 1.21. The predicted octanol–water partition coefficient (Wildman–Crippen LogP) is 3.15. The molecule has 2 aromatic carbocycles. The van der Waals surface area contributed by atoms with Crippen molar-refractivity contribution in [2.45, 2.75) is 24.8 Å². The third-order valence-corrected chi connectivity index (χ3v) is 7.62. The fraction of sp³-hybridized carbons (Fsp3) is 0.263. The van der Waals surface area contributed by atoms with Crippen LogP contribution in [0.1, 0.15) is 24.2 Å². The molecule has 0 radical (unpaired) electrons. The molecule has 0 atom stereocenters. The van der Waals surface area contributed by atoms with Gasteiger partial charge in [0.1, 0.15) is 5.82 Å². The van der Waals surface area contributed by atoms with Crippen LogP contribution in [0.5, 0.6) is 0 Å². The molecule has 0 fully saturated rings. The van der Waals surface area contributed by atoms with Crippen molar-refractivity contribution in [3.05, 3.63) is 58.6 Å². The molecule has 0 spiro atoms. The van der Waals surface area contributed by atoms with Crippen LogP contribution in [0.15, 0.2) is 52.4 Å². The van der Waals surface area contributed by atoms with Gasteiger partial charge in [0.15, 0.2) is 4.80 Å². The van der Waals surface area contributed by atoms with Gasteiger partial charge in [0, 0.05) is 25.7 Å². The number of amides is 1. The molecule has 3 rings (SSSR count). The largest absolute Gasteiger partial charge is 0.319 e. The molecule has 0 unspecified atom stereocenters. The number of hydrogen-bond acceptors (Lipinski definition) is 4. The van der Waals surface area contributed by atoms with Gasteiger partial charge in [-0.25, -0.2) is 12.8 Å². The van der Waals surface area contributed by atoms with Crippen molar-refractivity contribution in [2.75, 3.05) is 7.05 Å². The topological polar surface area (TPSA) is 71.7 Å². The lowest BCUT2D eigenvalue weighted by molar-refractivity contribution is 0.0998. The first-order valence-electron chi connectivity index (χ1n) is 8.53. The van der Waals surface area contributed by atoms with Crippen molar-refractivity contribution in [1.82, 2.24) is 8.87 Å². The first kappa shape index (κ1) is 20.4. The molecule has 0 aliphatic rings. The van der Waals surface area contributed by atoms with Gasteiger partial charge in [-0.1, -0.05) is 11.3 Å². The van der Waals surface area contributed by atoms with E-state index >= 15 is 0 Å². The molecular formula is C19H20FN3O3S2. The Balaban J connectivity index is 1.94. The maximum Gasteiger partial charge on any atom is 0.279 e. The van der Waals surface area contributed by atoms with Gasteiger partial charge in [-0.15, -0.1) is 0 Å². The van der Waals surface area contributed by atoms with Crippen molar-refractivity contribution in [3.63, 3.8) is 0 Å². The smallest absolute Gasteiger partial charge is 0.279 e. The van der Waals surface area contributed by atoms with Crippen molar-refractivity contribution in [3.8, 4) is 0 Å². The molecule has 0 saturated carbocycles. The summed E-state index contributed by atoms with van der Waals surface area (Å²) in [7, 11) is -0.351. The van der Waals surface area contributed by atoms with Crippen LogP contribution in [-0.2, 0) is 17.1 Å². The monoisotopic (exact) mass is 421 g/mol. The van der Waals surface area contributed by atoms with E-state index in [1.165, 1.54) is 59.1 Å². The highest BCUT2D eigenvalue weighted by atomic mass is 32.2.